The van der Waals surface area contributed by atoms with Gasteiger partial charge in [-0.1, -0.05) is 30.3 Å². The van der Waals surface area contributed by atoms with Crippen LogP contribution in [0.15, 0.2) is 51.7 Å². The van der Waals surface area contributed by atoms with Crippen molar-refractivity contribution in [1.29, 1.82) is 0 Å². The van der Waals surface area contributed by atoms with Gasteiger partial charge in [0.05, 0.1) is 5.39 Å². The second kappa shape index (κ2) is 10.1. The molecule has 172 valence electrons. The Morgan fingerprint density at radius 3 is 2.70 bits per heavy atom. The maximum atomic E-state index is 12.5. The minimum absolute atomic E-state index is 0.238. The number of aliphatic carboxylic acids is 1. The molecule has 0 radical (unpaired) electrons. The van der Waals surface area contributed by atoms with Gasteiger partial charge < -0.3 is 19.6 Å². The summed E-state index contributed by atoms with van der Waals surface area (Å²) in [6.07, 6.45) is 2.29. The van der Waals surface area contributed by atoms with Gasteiger partial charge in [0.25, 0.3) is 5.91 Å². The lowest BCUT2D eigenvalue weighted by Crippen LogP contribution is -2.44. The minimum atomic E-state index is -1.09. The first-order chi connectivity index (χ1) is 15.9. The van der Waals surface area contributed by atoms with Crippen molar-refractivity contribution >= 4 is 34.6 Å². The fourth-order valence-corrected chi connectivity index (χ4v) is 5.05. The first kappa shape index (κ1) is 22.9. The molecule has 1 atom stereocenters. The zero-order valence-electron chi connectivity index (χ0n) is 18.3. The molecule has 7 nitrogen and oxygen atoms in total. The standard InChI is InChI=1S/C25H25NO6S/c1-15-10-20(23-17-8-5-9-18(17)25(30)32-21(23)11-15)31-12-22(27)26-19(24(28)29)14-33-13-16-6-3-2-4-7-16/h2-4,6-7,10-11,19H,5,8-9,12-14H2,1H3,(H,26,27)(H,28,29)/t19-/m0/s1. The van der Waals surface area contributed by atoms with Gasteiger partial charge in [0.2, 0.25) is 0 Å². The Balaban J connectivity index is 1.42. The van der Waals surface area contributed by atoms with E-state index >= 15 is 0 Å². The van der Waals surface area contributed by atoms with Gasteiger partial charge in [-0.3, -0.25) is 4.79 Å². The van der Waals surface area contributed by atoms with Crippen LogP contribution in [0.5, 0.6) is 5.75 Å². The summed E-state index contributed by atoms with van der Waals surface area (Å²) in [5.74, 6) is -0.256. The van der Waals surface area contributed by atoms with Crippen molar-refractivity contribution in [3.8, 4) is 5.75 Å². The Morgan fingerprint density at radius 1 is 1.18 bits per heavy atom. The van der Waals surface area contributed by atoms with E-state index < -0.39 is 17.9 Å². The summed E-state index contributed by atoms with van der Waals surface area (Å²) in [5, 5.41) is 12.8. The molecule has 0 fully saturated rings. The molecule has 0 unspecified atom stereocenters. The number of fused-ring (bicyclic) bond motifs is 3. The van der Waals surface area contributed by atoms with Crippen LogP contribution >= 0.6 is 11.8 Å². The van der Waals surface area contributed by atoms with E-state index in [0.717, 1.165) is 29.5 Å². The van der Waals surface area contributed by atoms with E-state index in [2.05, 4.69) is 5.32 Å². The number of ether oxygens (including phenoxy) is 1. The molecule has 4 rings (SSSR count). The van der Waals surface area contributed by atoms with Crippen LogP contribution in [0, 0.1) is 6.92 Å². The number of carbonyl (C=O) groups excluding carboxylic acids is 1. The molecular formula is C25H25NO6S. The Bertz CT molecular complexity index is 1240. The van der Waals surface area contributed by atoms with Gasteiger partial charge in [0, 0.05) is 17.1 Å². The number of carboxylic acid groups (broad SMARTS) is 1. The number of hydrogen-bond donors (Lipinski definition) is 2. The molecule has 1 aliphatic carbocycles. The van der Waals surface area contributed by atoms with Gasteiger partial charge in [0.15, 0.2) is 6.61 Å². The fourth-order valence-electron chi connectivity index (χ4n) is 4.04. The topological polar surface area (TPSA) is 106 Å². The number of carboxylic acids is 1. The monoisotopic (exact) mass is 467 g/mol. The normalized spacial score (nSPS) is 13.5. The molecule has 33 heavy (non-hydrogen) atoms. The van der Waals surface area contributed by atoms with E-state index in [9.17, 15) is 19.5 Å². The van der Waals surface area contributed by atoms with Crippen LogP contribution in [0.1, 0.15) is 28.7 Å². The minimum Gasteiger partial charge on any atom is -0.483 e. The predicted octanol–water partition coefficient (Wildman–Crippen LogP) is 3.47. The molecule has 0 saturated carbocycles. The van der Waals surface area contributed by atoms with Gasteiger partial charge in [-0.15, -0.1) is 0 Å². The molecule has 2 N–H and O–H groups in total. The molecule has 2 aromatic carbocycles. The van der Waals surface area contributed by atoms with Crippen LogP contribution < -0.4 is 15.7 Å². The van der Waals surface area contributed by atoms with Crippen molar-refractivity contribution in [3.05, 3.63) is 75.1 Å². The second-order valence-electron chi connectivity index (χ2n) is 8.08. The molecule has 1 aromatic heterocycles. The molecule has 0 aliphatic heterocycles. The number of hydrogen-bond acceptors (Lipinski definition) is 6. The highest BCUT2D eigenvalue weighted by Crippen LogP contribution is 2.35. The number of benzene rings is 2. The third-order valence-corrected chi connectivity index (χ3v) is 6.67. The highest BCUT2D eigenvalue weighted by atomic mass is 32.2. The van der Waals surface area contributed by atoms with E-state index in [0.29, 0.717) is 34.5 Å². The molecule has 1 amide bonds. The largest absolute Gasteiger partial charge is 0.483 e. The van der Waals surface area contributed by atoms with Gasteiger partial charge in [-0.05, 0) is 55.0 Å². The van der Waals surface area contributed by atoms with Crippen molar-refractivity contribution in [2.45, 2.75) is 38.0 Å². The number of carbonyl (C=O) groups is 2. The summed E-state index contributed by atoms with van der Waals surface area (Å²) in [6.45, 7) is 1.52. The molecule has 0 saturated heterocycles. The molecule has 0 bridgehead atoms. The summed E-state index contributed by atoms with van der Waals surface area (Å²) in [5.41, 5.74) is 3.63. The smallest absolute Gasteiger partial charge is 0.339 e. The molecule has 8 heteroatoms. The quantitative estimate of drug-likeness (QED) is 0.464. The number of nitrogens with one attached hydrogen (secondary N) is 1. The SMILES string of the molecule is Cc1cc(OCC(=O)N[C@@H](CSCc2ccccc2)C(=O)O)c2c3c(c(=O)oc2c1)CCC3. The van der Waals surface area contributed by atoms with Crippen LogP contribution in [-0.2, 0) is 28.2 Å². The third kappa shape index (κ3) is 5.39. The number of rotatable bonds is 9. The average molecular weight is 468 g/mol. The molecule has 0 spiro atoms. The maximum absolute atomic E-state index is 12.5. The zero-order chi connectivity index (χ0) is 23.4. The molecule has 3 aromatic rings. The highest BCUT2D eigenvalue weighted by molar-refractivity contribution is 7.98. The van der Waals surface area contributed by atoms with Crippen molar-refractivity contribution in [3.63, 3.8) is 0 Å². The van der Waals surface area contributed by atoms with Crippen molar-refractivity contribution in [2.75, 3.05) is 12.4 Å². The first-order valence-corrected chi connectivity index (χ1v) is 11.9. The summed E-state index contributed by atoms with van der Waals surface area (Å²) in [7, 11) is 0. The number of aryl methyl sites for hydroxylation is 2. The lowest BCUT2D eigenvalue weighted by molar-refractivity contribution is -0.141. The Morgan fingerprint density at radius 2 is 1.94 bits per heavy atom. The summed E-state index contributed by atoms with van der Waals surface area (Å²) >= 11 is 1.44. The van der Waals surface area contributed by atoms with Gasteiger partial charge in [0.1, 0.15) is 17.4 Å². The first-order valence-electron chi connectivity index (χ1n) is 10.8. The van der Waals surface area contributed by atoms with Crippen LogP contribution in [0.3, 0.4) is 0 Å². The molecule has 1 aliphatic rings. The van der Waals surface area contributed by atoms with Crippen LogP contribution in [0.25, 0.3) is 11.0 Å². The van der Waals surface area contributed by atoms with Crippen molar-refractivity contribution in [1.82, 2.24) is 5.32 Å². The summed E-state index contributed by atoms with van der Waals surface area (Å²) in [6, 6.07) is 12.3. The summed E-state index contributed by atoms with van der Waals surface area (Å²) < 4.78 is 11.3. The number of amides is 1. The Hall–Kier alpha value is -3.26. The predicted molar refractivity (Wildman–Crippen MR) is 127 cm³/mol. The van der Waals surface area contributed by atoms with Gasteiger partial charge in [-0.2, -0.15) is 11.8 Å². The molecule has 1 heterocycles. The van der Waals surface area contributed by atoms with E-state index in [-0.39, 0.29) is 18.0 Å². The van der Waals surface area contributed by atoms with Crippen LogP contribution in [0.4, 0.5) is 0 Å². The maximum Gasteiger partial charge on any atom is 0.339 e. The van der Waals surface area contributed by atoms with E-state index in [1.807, 2.05) is 37.3 Å². The molecular weight excluding hydrogens is 442 g/mol. The number of thioether (sulfide) groups is 1. The van der Waals surface area contributed by atoms with E-state index in [1.54, 1.807) is 12.1 Å². The average Bonchev–Trinajstić information content (AvgIpc) is 3.28. The van der Waals surface area contributed by atoms with Crippen LogP contribution in [-0.4, -0.2) is 35.4 Å². The lowest BCUT2D eigenvalue weighted by atomic mass is 10.0. The van der Waals surface area contributed by atoms with Crippen LogP contribution in [0.2, 0.25) is 0 Å². The van der Waals surface area contributed by atoms with Gasteiger partial charge >= 0.3 is 11.6 Å². The lowest BCUT2D eigenvalue weighted by Gasteiger charge is -2.16. The summed E-state index contributed by atoms with van der Waals surface area (Å²) in [4.78, 5) is 36.4. The Kier molecular flexibility index (Phi) is 7.03. The van der Waals surface area contributed by atoms with Crippen molar-refractivity contribution < 1.29 is 23.8 Å². The van der Waals surface area contributed by atoms with Gasteiger partial charge in [-0.25, -0.2) is 9.59 Å². The van der Waals surface area contributed by atoms with E-state index in [1.165, 1.54) is 11.8 Å². The van der Waals surface area contributed by atoms with E-state index in [4.69, 9.17) is 9.15 Å². The fraction of sp³-hybridized carbons (Fsp3) is 0.320. The zero-order valence-corrected chi connectivity index (χ0v) is 19.1. The third-order valence-electron chi connectivity index (χ3n) is 5.57. The Labute approximate surface area is 195 Å². The highest BCUT2D eigenvalue weighted by Gasteiger charge is 2.24. The second-order valence-corrected chi connectivity index (χ2v) is 9.11. The van der Waals surface area contributed by atoms with Crippen molar-refractivity contribution in [2.24, 2.45) is 0 Å².